The van der Waals surface area contributed by atoms with E-state index in [1.807, 2.05) is 16.9 Å². The summed E-state index contributed by atoms with van der Waals surface area (Å²) in [5, 5.41) is 17.9. The van der Waals surface area contributed by atoms with Gasteiger partial charge in [0.15, 0.2) is 5.58 Å². The van der Waals surface area contributed by atoms with Crippen molar-refractivity contribution in [2.24, 2.45) is 0 Å². The van der Waals surface area contributed by atoms with Crippen LogP contribution in [0.3, 0.4) is 0 Å². The number of aromatic nitrogens is 3. The number of hydrogen-bond donors (Lipinski definition) is 1. The number of nitro benzene ring substituents is 1. The Hall–Kier alpha value is -2.90. The molecule has 3 aromatic rings. The van der Waals surface area contributed by atoms with Gasteiger partial charge in [-0.25, -0.2) is 0 Å². The first-order valence-electron chi connectivity index (χ1n) is 6.49. The number of benzene rings is 1. The molecule has 0 bridgehead atoms. The number of rotatable bonds is 6. The second kappa shape index (κ2) is 5.61. The van der Waals surface area contributed by atoms with Crippen molar-refractivity contribution in [3.8, 4) is 0 Å². The molecule has 0 radical (unpaired) electrons. The highest BCUT2D eigenvalue weighted by atomic mass is 16.6. The number of anilines is 1. The van der Waals surface area contributed by atoms with E-state index in [-0.39, 0.29) is 5.69 Å². The number of aryl methyl sites for hydroxylation is 1. The van der Waals surface area contributed by atoms with E-state index >= 15 is 0 Å². The van der Waals surface area contributed by atoms with Crippen LogP contribution in [0.2, 0.25) is 0 Å². The van der Waals surface area contributed by atoms with Crippen LogP contribution in [0, 0.1) is 10.1 Å². The smallest absolute Gasteiger partial charge is 0.295 e. The van der Waals surface area contributed by atoms with Crippen molar-refractivity contribution >= 4 is 22.8 Å². The van der Waals surface area contributed by atoms with Crippen molar-refractivity contribution in [3.05, 3.63) is 46.8 Å². The Balaban J connectivity index is 1.60. The van der Waals surface area contributed by atoms with Crippen LogP contribution in [-0.4, -0.2) is 26.2 Å². The van der Waals surface area contributed by atoms with E-state index in [1.54, 1.807) is 12.3 Å². The molecule has 8 nitrogen and oxygen atoms in total. The van der Waals surface area contributed by atoms with Gasteiger partial charge in [-0.1, -0.05) is 0 Å². The van der Waals surface area contributed by atoms with Crippen LogP contribution < -0.4 is 5.32 Å². The number of oxazole rings is 1. The van der Waals surface area contributed by atoms with Gasteiger partial charge in [-0.15, -0.1) is 0 Å². The molecule has 0 saturated carbocycles. The lowest BCUT2D eigenvalue weighted by Crippen LogP contribution is -2.07. The summed E-state index contributed by atoms with van der Waals surface area (Å²) in [4.78, 5) is 14.5. The van der Waals surface area contributed by atoms with Crippen molar-refractivity contribution in [1.29, 1.82) is 0 Å². The van der Waals surface area contributed by atoms with E-state index in [4.69, 9.17) is 4.42 Å². The van der Waals surface area contributed by atoms with Crippen LogP contribution in [0.25, 0.3) is 11.1 Å². The lowest BCUT2D eigenvalue weighted by Gasteiger charge is -2.01. The Labute approximate surface area is 119 Å². The number of hydrogen-bond acceptors (Lipinski definition) is 6. The Morgan fingerprint density at radius 3 is 3.10 bits per heavy atom. The summed E-state index contributed by atoms with van der Waals surface area (Å²) in [5.41, 5.74) is 0.984. The van der Waals surface area contributed by atoms with Crippen LogP contribution in [0.1, 0.15) is 6.42 Å². The molecule has 21 heavy (non-hydrogen) atoms. The van der Waals surface area contributed by atoms with Gasteiger partial charge in [0.25, 0.3) is 11.7 Å². The van der Waals surface area contributed by atoms with Crippen molar-refractivity contribution in [2.45, 2.75) is 13.0 Å². The van der Waals surface area contributed by atoms with Crippen LogP contribution in [0.5, 0.6) is 0 Å². The molecule has 0 aliphatic rings. The van der Waals surface area contributed by atoms with Gasteiger partial charge in [-0.3, -0.25) is 14.8 Å². The normalized spacial score (nSPS) is 10.9. The van der Waals surface area contributed by atoms with Crippen LogP contribution in [0.15, 0.2) is 41.1 Å². The lowest BCUT2D eigenvalue weighted by atomic mass is 10.3. The first kappa shape index (κ1) is 13.1. The van der Waals surface area contributed by atoms with Gasteiger partial charge in [-0.2, -0.15) is 10.1 Å². The van der Waals surface area contributed by atoms with Crippen molar-refractivity contribution in [2.75, 3.05) is 11.9 Å². The topological polar surface area (TPSA) is 99.0 Å². The van der Waals surface area contributed by atoms with Crippen molar-refractivity contribution < 1.29 is 9.34 Å². The molecule has 0 saturated heterocycles. The zero-order valence-corrected chi connectivity index (χ0v) is 11.1. The van der Waals surface area contributed by atoms with Crippen molar-refractivity contribution in [1.82, 2.24) is 14.8 Å². The fourth-order valence-electron chi connectivity index (χ4n) is 1.97. The summed E-state index contributed by atoms with van der Waals surface area (Å²) >= 11 is 0. The molecule has 0 aliphatic heterocycles. The molecule has 1 aromatic carbocycles. The number of non-ortho nitro benzene ring substituents is 1. The van der Waals surface area contributed by atoms with Gasteiger partial charge in [-0.05, 0) is 18.6 Å². The molecule has 0 unspecified atom stereocenters. The standard InChI is InChI=1S/C13H13N5O3/c19-18(20)10-3-4-11-12(9-10)21-13(16-11)14-5-1-7-17-8-2-6-15-17/h2-4,6,8-9H,1,5,7H2,(H,14,16). The molecule has 1 N–H and O–H groups in total. The van der Waals surface area contributed by atoms with E-state index in [9.17, 15) is 10.1 Å². The molecule has 0 aliphatic carbocycles. The number of nitrogens with one attached hydrogen (secondary N) is 1. The maximum absolute atomic E-state index is 10.7. The van der Waals surface area contributed by atoms with E-state index < -0.39 is 4.92 Å². The molecule has 8 heteroatoms. The molecule has 0 amide bonds. The zero-order valence-electron chi connectivity index (χ0n) is 11.1. The minimum atomic E-state index is -0.459. The van der Waals surface area contributed by atoms with Crippen LogP contribution >= 0.6 is 0 Å². The van der Waals surface area contributed by atoms with Gasteiger partial charge in [0.1, 0.15) is 5.52 Å². The molecule has 2 aromatic heterocycles. The maximum atomic E-state index is 10.7. The second-order valence-electron chi connectivity index (χ2n) is 4.48. The predicted molar refractivity (Wildman–Crippen MR) is 76.0 cm³/mol. The minimum absolute atomic E-state index is 0.0103. The summed E-state index contributed by atoms with van der Waals surface area (Å²) in [6.07, 6.45) is 4.50. The quantitative estimate of drug-likeness (QED) is 0.424. The lowest BCUT2D eigenvalue weighted by molar-refractivity contribution is -0.384. The maximum Gasteiger partial charge on any atom is 0.295 e. The predicted octanol–water partition coefficient (Wildman–Crippen LogP) is 2.43. The van der Waals surface area contributed by atoms with Crippen molar-refractivity contribution in [3.63, 3.8) is 0 Å². The Bertz CT molecular complexity index is 750. The summed E-state index contributed by atoms with van der Waals surface area (Å²) in [6.45, 7) is 1.47. The summed E-state index contributed by atoms with van der Waals surface area (Å²) in [6, 6.07) is 6.60. The van der Waals surface area contributed by atoms with E-state index in [0.29, 0.717) is 23.7 Å². The highest BCUT2D eigenvalue weighted by Gasteiger charge is 2.11. The van der Waals surface area contributed by atoms with Crippen LogP contribution in [0.4, 0.5) is 11.7 Å². The average molecular weight is 287 g/mol. The van der Waals surface area contributed by atoms with E-state index in [2.05, 4.69) is 15.4 Å². The van der Waals surface area contributed by atoms with Crippen LogP contribution in [-0.2, 0) is 6.54 Å². The fourth-order valence-corrected chi connectivity index (χ4v) is 1.97. The van der Waals surface area contributed by atoms with E-state index in [1.165, 1.54) is 12.1 Å². The molecular formula is C13H13N5O3. The average Bonchev–Trinajstić information content (AvgIpc) is 3.11. The third-order valence-electron chi connectivity index (χ3n) is 2.98. The molecule has 3 rings (SSSR count). The van der Waals surface area contributed by atoms with Gasteiger partial charge >= 0.3 is 0 Å². The second-order valence-corrected chi connectivity index (χ2v) is 4.48. The highest BCUT2D eigenvalue weighted by Crippen LogP contribution is 2.23. The number of nitro groups is 1. The number of nitrogens with zero attached hydrogens (tertiary/aromatic N) is 4. The monoisotopic (exact) mass is 287 g/mol. The van der Waals surface area contributed by atoms with E-state index in [0.717, 1.165) is 13.0 Å². The van der Waals surface area contributed by atoms with Gasteiger partial charge in [0, 0.05) is 31.5 Å². The SMILES string of the molecule is O=[N+]([O-])c1ccc2nc(NCCCn3cccn3)oc2c1. The van der Waals surface area contributed by atoms with Gasteiger partial charge < -0.3 is 9.73 Å². The van der Waals surface area contributed by atoms with Gasteiger partial charge in [0.05, 0.1) is 11.0 Å². The molecule has 2 heterocycles. The molecular weight excluding hydrogens is 274 g/mol. The molecule has 0 fully saturated rings. The number of fused-ring (bicyclic) bond motifs is 1. The Kier molecular flexibility index (Phi) is 3.50. The first-order valence-corrected chi connectivity index (χ1v) is 6.49. The minimum Gasteiger partial charge on any atom is -0.423 e. The largest absolute Gasteiger partial charge is 0.423 e. The summed E-state index contributed by atoms with van der Waals surface area (Å²) in [5.74, 6) is 0. The first-order chi connectivity index (χ1) is 10.2. The molecule has 0 atom stereocenters. The molecule has 108 valence electrons. The third kappa shape index (κ3) is 2.99. The third-order valence-corrected chi connectivity index (χ3v) is 2.98. The highest BCUT2D eigenvalue weighted by molar-refractivity contribution is 5.77. The summed E-state index contributed by atoms with van der Waals surface area (Å²) < 4.78 is 7.29. The Morgan fingerprint density at radius 2 is 2.33 bits per heavy atom. The fraction of sp³-hybridized carbons (Fsp3) is 0.231. The summed E-state index contributed by atoms with van der Waals surface area (Å²) in [7, 11) is 0. The van der Waals surface area contributed by atoms with Gasteiger partial charge in [0.2, 0.25) is 0 Å². The Morgan fingerprint density at radius 1 is 1.43 bits per heavy atom. The zero-order chi connectivity index (χ0) is 14.7. The molecule has 0 spiro atoms.